The summed E-state index contributed by atoms with van der Waals surface area (Å²) < 4.78 is 25.0. The van der Waals surface area contributed by atoms with Gasteiger partial charge in [-0.15, -0.1) is 0 Å². The molecular weight excluding hydrogens is 455 g/mol. The molecule has 3 rings (SSSR count). The summed E-state index contributed by atoms with van der Waals surface area (Å²) in [7, 11) is 0. The fourth-order valence-electron chi connectivity index (χ4n) is 3.06. The van der Waals surface area contributed by atoms with Gasteiger partial charge in [0.25, 0.3) is 0 Å². The fraction of sp³-hybridized carbons (Fsp3) is 0.0968. The van der Waals surface area contributed by atoms with E-state index in [1.807, 2.05) is 36.4 Å². The number of esters is 2. The summed E-state index contributed by atoms with van der Waals surface area (Å²) in [5, 5.41) is 0. The third-order valence-corrected chi connectivity index (χ3v) is 5.06. The average Bonchev–Trinajstić information content (AvgIpc) is 2.86. The SMILES string of the molecule is C=C(C)C(=O)OCc1cccc(/C=C/c2ccc(/C=C/c3ccc(OC(=O)C(=C)C)cc3)cc2F)c1. The summed E-state index contributed by atoms with van der Waals surface area (Å²) in [6.07, 6.45) is 7.16. The quantitative estimate of drug-likeness (QED) is 0.139. The molecule has 0 bridgehead atoms. The van der Waals surface area contributed by atoms with Crippen LogP contribution >= 0.6 is 0 Å². The molecular formula is C31H27FO4. The van der Waals surface area contributed by atoms with Crippen molar-refractivity contribution >= 4 is 36.2 Å². The molecule has 0 amide bonds. The molecule has 0 spiro atoms. The molecule has 0 unspecified atom stereocenters. The lowest BCUT2D eigenvalue weighted by atomic mass is 10.1. The van der Waals surface area contributed by atoms with E-state index in [0.717, 1.165) is 16.7 Å². The minimum atomic E-state index is -0.472. The molecule has 0 radical (unpaired) electrons. The van der Waals surface area contributed by atoms with Gasteiger partial charge in [-0.3, -0.25) is 0 Å². The lowest BCUT2D eigenvalue weighted by molar-refractivity contribution is -0.140. The number of halogens is 1. The molecule has 0 aliphatic rings. The van der Waals surface area contributed by atoms with Gasteiger partial charge in [0, 0.05) is 16.7 Å². The van der Waals surface area contributed by atoms with Gasteiger partial charge in [0.1, 0.15) is 18.2 Å². The largest absolute Gasteiger partial charge is 0.457 e. The van der Waals surface area contributed by atoms with E-state index in [1.165, 1.54) is 6.07 Å². The van der Waals surface area contributed by atoms with Crippen LogP contribution in [0, 0.1) is 5.82 Å². The molecule has 0 fully saturated rings. The van der Waals surface area contributed by atoms with Gasteiger partial charge < -0.3 is 9.47 Å². The van der Waals surface area contributed by atoms with E-state index in [1.54, 1.807) is 62.4 Å². The summed E-state index contributed by atoms with van der Waals surface area (Å²) in [6, 6.07) is 19.5. The molecule has 0 N–H and O–H groups in total. The summed E-state index contributed by atoms with van der Waals surface area (Å²) >= 11 is 0. The number of hydrogen-bond acceptors (Lipinski definition) is 4. The number of ether oxygens (including phenoxy) is 2. The first-order valence-corrected chi connectivity index (χ1v) is 11.3. The Morgan fingerprint density at radius 3 is 2.06 bits per heavy atom. The maximum absolute atomic E-state index is 14.7. The van der Waals surface area contributed by atoms with Crippen LogP contribution in [-0.2, 0) is 20.9 Å². The van der Waals surface area contributed by atoms with Crippen LogP contribution in [0.5, 0.6) is 5.75 Å². The zero-order valence-electron chi connectivity index (χ0n) is 20.3. The molecule has 5 heteroatoms. The highest BCUT2D eigenvalue weighted by Crippen LogP contribution is 2.19. The van der Waals surface area contributed by atoms with Crippen LogP contribution < -0.4 is 4.74 Å². The Hall–Kier alpha value is -4.51. The second-order valence-electron chi connectivity index (χ2n) is 8.29. The molecule has 36 heavy (non-hydrogen) atoms. The third-order valence-electron chi connectivity index (χ3n) is 5.06. The summed E-state index contributed by atoms with van der Waals surface area (Å²) in [4.78, 5) is 23.2. The molecule has 0 saturated heterocycles. The van der Waals surface area contributed by atoms with Crippen molar-refractivity contribution in [3.63, 3.8) is 0 Å². The lowest BCUT2D eigenvalue weighted by Crippen LogP contribution is -2.07. The topological polar surface area (TPSA) is 52.6 Å². The van der Waals surface area contributed by atoms with Crippen molar-refractivity contribution in [2.45, 2.75) is 20.5 Å². The molecule has 3 aromatic rings. The zero-order valence-corrected chi connectivity index (χ0v) is 20.3. The second kappa shape index (κ2) is 12.3. The number of hydrogen-bond donors (Lipinski definition) is 0. The van der Waals surface area contributed by atoms with Crippen molar-refractivity contribution in [1.82, 2.24) is 0 Å². The van der Waals surface area contributed by atoms with Crippen molar-refractivity contribution in [1.29, 1.82) is 0 Å². The standard InChI is InChI=1S/C31H27FO4/c1-21(2)30(33)35-20-26-7-5-6-24(18-26)10-14-27-15-11-25(19-29(27)32)9-8-23-12-16-28(17-13-23)36-31(34)22(3)4/h5-19H,1,3,20H2,2,4H3/b9-8+,14-10+. The zero-order chi connectivity index (χ0) is 26.1. The van der Waals surface area contributed by atoms with Crippen molar-refractivity contribution in [3.05, 3.63) is 125 Å². The normalized spacial score (nSPS) is 11.0. The van der Waals surface area contributed by atoms with E-state index < -0.39 is 11.9 Å². The minimum Gasteiger partial charge on any atom is -0.457 e. The monoisotopic (exact) mass is 482 g/mol. The predicted octanol–water partition coefficient (Wildman–Crippen LogP) is 7.27. The summed E-state index contributed by atoms with van der Waals surface area (Å²) in [5.41, 5.74) is 4.41. The molecule has 0 aromatic heterocycles. The van der Waals surface area contributed by atoms with E-state index in [2.05, 4.69) is 13.2 Å². The highest BCUT2D eigenvalue weighted by atomic mass is 19.1. The van der Waals surface area contributed by atoms with Gasteiger partial charge in [-0.05, 0) is 60.4 Å². The molecule has 0 saturated carbocycles. The minimum absolute atomic E-state index is 0.144. The van der Waals surface area contributed by atoms with E-state index in [-0.39, 0.29) is 12.4 Å². The van der Waals surface area contributed by atoms with Crippen molar-refractivity contribution in [3.8, 4) is 5.75 Å². The van der Waals surface area contributed by atoms with E-state index in [4.69, 9.17) is 9.47 Å². The van der Waals surface area contributed by atoms with Gasteiger partial charge in [-0.1, -0.05) is 79.9 Å². The van der Waals surface area contributed by atoms with Gasteiger partial charge in [-0.2, -0.15) is 0 Å². The van der Waals surface area contributed by atoms with E-state index >= 15 is 0 Å². The second-order valence-corrected chi connectivity index (χ2v) is 8.29. The first-order chi connectivity index (χ1) is 17.2. The molecule has 0 aliphatic heterocycles. The first kappa shape index (κ1) is 26.1. The Balaban J connectivity index is 1.63. The third kappa shape index (κ3) is 7.77. The predicted molar refractivity (Wildman–Crippen MR) is 142 cm³/mol. The molecule has 0 aliphatic carbocycles. The molecule has 0 atom stereocenters. The first-order valence-electron chi connectivity index (χ1n) is 11.3. The Morgan fingerprint density at radius 2 is 1.39 bits per heavy atom. The lowest BCUT2D eigenvalue weighted by Gasteiger charge is -2.05. The Kier molecular flexibility index (Phi) is 8.89. The van der Waals surface area contributed by atoms with Gasteiger partial charge in [0.15, 0.2) is 0 Å². The van der Waals surface area contributed by atoms with Gasteiger partial charge in [0.05, 0.1) is 0 Å². The van der Waals surface area contributed by atoms with Crippen LogP contribution in [-0.4, -0.2) is 11.9 Å². The van der Waals surface area contributed by atoms with Crippen LogP contribution in [0.1, 0.15) is 41.7 Å². The molecule has 3 aromatic carbocycles. The van der Waals surface area contributed by atoms with Crippen LogP contribution in [0.3, 0.4) is 0 Å². The van der Waals surface area contributed by atoms with Crippen molar-refractivity contribution in [2.75, 3.05) is 0 Å². The highest BCUT2D eigenvalue weighted by Gasteiger charge is 2.05. The number of benzene rings is 3. The number of rotatable bonds is 9. The summed E-state index contributed by atoms with van der Waals surface area (Å²) in [6.45, 7) is 10.4. The molecule has 182 valence electrons. The van der Waals surface area contributed by atoms with Gasteiger partial charge in [0.2, 0.25) is 0 Å². The molecule has 0 heterocycles. The smallest absolute Gasteiger partial charge is 0.338 e. The van der Waals surface area contributed by atoms with Crippen LogP contribution in [0.25, 0.3) is 24.3 Å². The Bertz CT molecular complexity index is 1350. The maximum atomic E-state index is 14.7. The van der Waals surface area contributed by atoms with Crippen LogP contribution in [0.2, 0.25) is 0 Å². The van der Waals surface area contributed by atoms with E-state index in [0.29, 0.717) is 28.0 Å². The van der Waals surface area contributed by atoms with Gasteiger partial charge >= 0.3 is 11.9 Å². The summed E-state index contributed by atoms with van der Waals surface area (Å²) in [5.74, 6) is -0.823. The van der Waals surface area contributed by atoms with Crippen molar-refractivity contribution in [2.24, 2.45) is 0 Å². The highest BCUT2D eigenvalue weighted by molar-refractivity contribution is 5.89. The molecule has 4 nitrogen and oxygen atoms in total. The van der Waals surface area contributed by atoms with Crippen molar-refractivity contribution < 1.29 is 23.5 Å². The Morgan fingerprint density at radius 1 is 0.778 bits per heavy atom. The number of carbonyl (C=O) groups excluding carboxylic acids is 2. The average molecular weight is 483 g/mol. The van der Waals surface area contributed by atoms with Crippen LogP contribution in [0.15, 0.2) is 91.0 Å². The van der Waals surface area contributed by atoms with Crippen LogP contribution in [0.4, 0.5) is 4.39 Å². The maximum Gasteiger partial charge on any atom is 0.338 e. The van der Waals surface area contributed by atoms with E-state index in [9.17, 15) is 14.0 Å². The van der Waals surface area contributed by atoms with Gasteiger partial charge in [-0.25, -0.2) is 14.0 Å². The fourth-order valence-corrected chi connectivity index (χ4v) is 3.06. The number of carbonyl (C=O) groups is 2. The Labute approximate surface area is 210 Å².